The van der Waals surface area contributed by atoms with Crippen molar-refractivity contribution in [1.29, 1.82) is 0 Å². The van der Waals surface area contributed by atoms with E-state index in [2.05, 4.69) is 5.32 Å². The molecular formula is C12H17NO4. The summed E-state index contributed by atoms with van der Waals surface area (Å²) >= 11 is 0. The molecule has 1 unspecified atom stereocenters. The van der Waals surface area contributed by atoms with Gasteiger partial charge < -0.3 is 14.8 Å². The van der Waals surface area contributed by atoms with Crippen molar-refractivity contribution in [3.8, 4) is 0 Å². The van der Waals surface area contributed by atoms with E-state index in [1.54, 1.807) is 19.1 Å². The molecule has 1 aromatic heterocycles. The van der Waals surface area contributed by atoms with Crippen molar-refractivity contribution >= 4 is 11.9 Å². The summed E-state index contributed by atoms with van der Waals surface area (Å²) in [4.78, 5) is 22.4. The van der Waals surface area contributed by atoms with Crippen LogP contribution in [0.1, 0.15) is 36.6 Å². The van der Waals surface area contributed by atoms with Crippen LogP contribution in [0.15, 0.2) is 16.5 Å². The first-order valence-corrected chi connectivity index (χ1v) is 5.49. The lowest BCUT2D eigenvalue weighted by molar-refractivity contribution is -0.137. The monoisotopic (exact) mass is 239 g/mol. The van der Waals surface area contributed by atoms with E-state index in [0.717, 1.165) is 0 Å². The maximum absolute atomic E-state index is 11.8. The molecule has 0 fully saturated rings. The van der Waals surface area contributed by atoms with Crippen molar-refractivity contribution in [2.24, 2.45) is 5.92 Å². The van der Waals surface area contributed by atoms with Gasteiger partial charge in [-0.3, -0.25) is 9.59 Å². The van der Waals surface area contributed by atoms with Gasteiger partial charge in [-0.1, -0.05) is 13.8 Å². The van der Waals surface area contributed by atoms with E-state index in [1.807, 2.05) is 13.8 Å². The first-order chi connectivity index (χ1) is 7.90. The van der Waals surface area contributed by atoms with E-state index in [-0.39, 0.29) is 24.0 Å². The zero-order valence-corrected chi connectivity index (χ0v) is 10.2. The molecular weight excluding hydrogens is 222 g/mol. The van der Waals surface area contributed by atoms with Gasteiger partial charge in [-0.2, -0.15) is 0 Å². The van der Waals surface area contributed by atoms with Gasteiger partial charge in [0, 0.05) is 6.04 Å². The average molecular weight is 239 g/mol. The smallest absolute Gasteiger partial charge is 0.305 e. The van der Waals surface area contributed by atoms with Crippen LogP contribution in [0.2, 0.25) is 0 Å². The van der Waals surface area contributed by atoms with Crippen LogP contribution < -0.4 is 5.32 Å². The number of carboxylic acid groups (broad SMARTS) is 1. The molecule has 0 saturated carbocycles. The van der Waals surface area contributed by atoms with E-state index < -0.39 is 12.0 Å². The molecule has 0 spiro atoms. The van der Waals surface area contributed by atoms with Gasteiger partial charge in [0.25, 0.3) is 5.91 Å². The Kier molecular flexibility index (Phi) is 4.31. The van der Waals surface area contributed by atoms with Gasteiger partial charge >= 0.3 is 5.97 Å². The van der Waals surface area contributed by atoms with E-state index in [0.29, 0.717) is 5.76 Å². The number of aliphatic carboxylic acids is 1. The molecule has 17 heavy (non-hydrogen) atoms. The zero-order valence-electron chi connectivity index (χ0n) is 10.2. The van der Waals surface area contributed by atoms with Crippen molar-refractivity contribution in [2.75, 3.05) is 0 Å². The summed E-state index contributed by atoms with van der Waals surface area (Å²) in [5.41, 5.74) is 0. The maximum atomic E-state index is 11.8. The molecule has 0 saturated heterocycles. The quantitative estimate of drug-likeness (QED) is 0.821. The Hall–Kier alpha value is -1.78. The fourth-order valence-electron chi connectivity index (χ4n) is 1.44. The lowest BCUT2D eigenvalue weighted by Crippen LogP contribution is -2.39. The normalized spacial score (nSPS) is 12.5. The van der Waals surface area contributed by atoms with E-state index >= 15 is 0 Å². The highest BCUT2D eigenvalue weighted by molar-refractivity contribution is 5.92. The lowest BCUT2D eigenvalue weighted by atomic mass is 10.0. The lowest BCUT2D eigenvalue weighted by Gasteiger charge is -2.19. The first-order valence-electron chi connectivity index (χ1n) is 5.49. The number of carbonyl (C=O) groups is 2. The Morgan fingerprint density at radius 2 is 2.06 bits per heavy atom. The molecule has 1 aromatic rings. The minimum Gasteiger partial charge on any atom is -0.481 e. The summed E-state index contributed by atoms with van der Waals surface area (Å²) in [6, 6.07) is 2.87. The highest BCUT2D eigenvalue weighted by Crippen LogP contribution is 2.10. The number of amides is 1. The van der Waals surface area contributed by atoms with Gasteiger partial charge in [0.2, 0.25) is 0 Å². The molecule has 1 rings (SSSR count). The van der Waals surface area contributed by atoms with Crippen molar-refractivity contribution in [3.05, 3.63) is 23.7 Å². The molecule has 0 bridgehead atoms. The van der Waals surface area contributed by atoms with Gasteiger partial charge in [-0.25, -0.2) is 0 Å². The summed E-state index contributed by atoms with van der Waals surface area (Å²) in [5, 5.41) is 11.4. The number of rotatable bonds is 5. The molecule has 1 amide bonds. The van der Waals surface area contributed by atoms with Crippen LogP contribution in [0.4, 0.5) is 0 Å². The predicted molar refractivity (Wildman–Crippen MR) is 61.8 cm³/mol. The van der Waals surface area contributed by atoms with Crippen molar-refractivity contribution < 1.29 is 19.1 Å². The van der Waals surface area contributed by atoms with Crippen LogP contribution >= 0.6 is 0 Å². The van der Waals surface area contributed by atoms with Gasteiger partial charge in [0.1, 0.15) is 5.76 Å². The van der Waals surface area contributed by atoms with Crippen LogP contribution in [0.5, 0.6) is 0 Å². The number of hydrogen-bond donors (Lipinski definition) is 2. The SMILES string of the molecule is Cc1ccc(C(=O)NC(CC(=O)O)C(C)C)o1. The van der Waals surface area contributed by atoms with Crippen molar-refractivity contribution in [2.45, 2.75) is 33.2 Å². The zero-order chi connectivity index (χ0) is 13.0. The van der Waals surface area contributed by atoms with Crippen LogP contribution in [-0.4, -0.2) is 23.0 Å². The fraction of sp³-hybridized carbons (Fsp3) is 0.500. The Balaban J connectivity index is 2.67. The number of carboxylic acids is 1. The summed E-state index contributed by atoms with van der Waals surface area (Å²) < 4.78 is 5.17. The van der Waals surface area contributed by atoms with Crippen LogP contribution in [-0.2, 0) is 4.79 Å². The molecule has 0 aliphatic rings. The first kappa shape index (κ1) is 13.3. The molecule has 94 valence electrons. The molecule has 1 atom stereocenters. The van der Waals surface area contributed by atoms with Crippen LogP contribution in [0, 0.1) is 12.8 Å². The third-order valence-corrected chi connectivity index (χ3v) is 2.48. The Morgan fingerprint density at radius 3 is 2.47 bits per heavy atom. The fourth-order valence-corrected chi connectivity index (χ4v) is 1.44. The third kappa shape index (κ3) is 3.94. The number of aryl methyl sites for hydroxylation is 1. The molecule has 1 heterocycles. The topological polar surface area (TPSA) is 79.5 Å². The second kappa shape index (κ2) is 5.52. The summed E-state index contributed by atoms with van der Waals surface area (Å²) in [7, 11) is 0. The standard InChI is InChI=1S/C12H17NO4/c1-7(2)9(6-11(14)15)13-12(16)10-5-4-8(3)17-10/h4-5,7,9H,6H2,1-3H3,(H,13,16)(H,14,15). The van der Waals surface area contributed by atoms with Gasteiger partial charge in [-0.15, -0.1) is 0 Å². The average Bonchev–Trinajstić information content (AvgIpc) is 2.63. The van der Waals surface area contributed by atoms with Crippen LogP contribution in [0.25, 0.3) is 0 Å². The highest BCUT2D eigenvalue weighted by atomic mass is 16.4. The number of hydrogen-bond acceptors (Lipinski definition) is 3. The summed E-state index contributed by atoms with van der Waals surface area (Å²) in [6.07, 6.45) is -0.0941. The van der Waals surface area contributed by atoms with E-state index in [9.17, 15) is 9.59 Å². The van der Waals surface area contributed by atoms with Crippen LogP contribution in [0.3, 0.4) is 0 Å². The molecule has 0 radical (unpaired) electrons. The summed E-state index contributed by atoms with van der Waals surface area (Å²) in [6.45, 7) is 5.47. The number of carbonyl (C=O) groups excluding carboxylic acids is 1. The summed E-state index contributed by atoms with van der Waals surface area (Å²) in [5.74, 6) is -0.406. The molecule has 0 aliphatic carbocycles. The van der Waals surface area contributed by atoms with E-state index in [4.69, 9.17) is 9.52 Å². The molecule has 0 aliphatic heterocycles. The highest BCUT2D eigenvalue weighted by Gasteiger charge is 2.21. The second-order valence-corrected chi connectivity index (χ2v) is 4.33. The van der Waals surface area contributed by atoms with Crippen molar-refractivity contribution in [1.82, 2.24) is 5.32 Å². The number of nitrogens with one attached hydrogen (secondary N) is 1. The van der Waals surface area contributed by atoms with Crippen molar-refractivity contribution in [3.63, 3.8) is 0 Å². The molecule has 5 heteroatoms. The Morgan fingerprint density at radius 1 is 1.41 bits per heavy atom. The Bertz CT molecular complexity index is 408. The molecule has 5 nitrogen and oxygen atoms in total. The number of furan rings is 1. The van der Waals surface area contributed by atoms with E-state index in [1.165, 1.54) is 0 Å². The molecule has 0 aromatic carbocycles. The minimum atomic E-state index is -0.931. The minimum absolute atomic E-state index is 0.0473. The van der Waals surface area contributed by atoms with Gasteiger partial charge in [0.15, 0.2) is 5.76 Å². The third-order valence-electron chi connectivity index (χ3n) is 2.48. The van der Waals surface area contributed by atoms with Gasteiger partial charge in [-0.05, 0) is 25.0 Å². The second-order valence-electron chi connectivity index (χ2n) is 4.33. The maximum Gasteiger partial charge on any atom is 0.305 e. The predicted octanol–water partition coefficient (Wildman–Crippen LogP) is 1.82. The molecule has 2 N–H and O–H groups in total. The Labute approximate surface area is 99.8 Å². The largest absolute Gasteiger partial charge is 0.481 e. The van der Waals surface area contributed by atoms with Gasteiger partial charge in [0.05, 0.1) is 6.42 Å².